The Hall–Kier alpha value is -3.58. The van der Waals surface area contributed by atoms with E-state index in [4.69, 9.17) is 9.72 Å². The van der Waals surface area contributed by atoms with E-state index in [0.29, 0.717) is 17.3 Å². The molecular formula is C27H25BrN4O2. The number of fused-ring (bicyclic) bond motifs is 3. The SMILES string of the molecule is COc1cc(Br)ccc1[C@@H]1C(C(=O)Nc2ccc(C)cc2C)=C(C)Nc2nc3ccccc3n21. The largest absolute Gasteiger partial charge is 0.496 e. The van der Waals surface area contributed by atoms with Crippen molar-refractivity contribution in [3.63, 3.8) is 0 Å². The molecule has 1 amide bonds. The summed E-state index contributed by atoms with van der Waals surface area (Å²) in [5, 5.41) is 6.50. The highest BCUT2D eigenvalue weighted by Crippen LogP contribution is 2.43. The Labute approximate surface area is 206 Å². The Morgan fingerprint density at radius 2 is 1.88 bits per heavy atom. The highest BCUT2D eigenvalue weighted by Gasteiger charge is 2.35. The highest BCUT2D eigenvalue weighted by atomic mass is 79.9. The van der Waals surface area contributed by atoms with Crippen molar-refractivity contribution in [1.29, 1.82) is 0 Å². The zero-order valence-corrected chi connectivity index (χ0v) is 21.0. The second-order valence-electron chi connectivity index (χ2n) is 8.52. The van der Waals surface area contributed by atoms with Crippen LogP contribution < -0.4 is 15.4 Å². The van der Waals surface area contributed by atoms with Crippen LogP contribution in [0.3, 0.4) is 0 Å². The van der Waals surface area contributed by atoms with Gasteiger partial charge in [-0.25, -0.2) is 4.98 Å². The van der Waals surface area contributed by atoms with Crippen LogP contribution in [0.4, 0.5) is 11.6 Å². The van der Waals surface area contributed by atoms with E-state index >= 15 is 0 Å². The Morgan fingerprint density at radius 1 is 1.09 bits per heavy atom. The molecule has 0 fully saturated rings. The second kappa shape index (κ2) is 8.65. The number of carbonyl (C=O) groups is 1. The zero-order valence-electron chi connectivity index (χ0n) is 19.4. The molecule has 1 atom stereocenters. The Balaban J connectivity index is 1.70. The van der Waals surface area contributed by atoms with Crippen molar-refractivity contribution < 1.29 is 9.53 Å². The molecule has 172 valence electrons. The van der Waals surface area contributed by atoms with Crippen LogP contribution >= 0.6 is 15.9 Å². The van der Waals surface area contributed by atoms with Crippen LogP contribution in [0.5, 0.6) is 5.75 Å². The van der Waals surface area contributed by atoms with Gasteiger partial charge in [0, 0.05) is 21.4 Å². The number of nitrogens with one attached hydrogen (secondary N) is 2. The lowest BCUT2D eigenvalue weighted by atomic mass is 9.93. The number of rotatable bonds is 4. The van der Waals surface area contributed by atoms with E-state index in [-0.39, 0.29) is 5.91 Å². The number of amides is 1. The Kier molecular flexibility index (Phi) is 5.65. The standard InChI is InChI=1S/C27H25BrN4O2/c1-15-9-12-20(16(2)13-15)30-26(33)24-17(3)29-27-31-21-7-5-6-8-22(21)32(27)25(24)19-11-10-18(28)14-23(19)34-4/h5-14,25H,1-4H3,(H,29,31)(H,30,33)/t25-/m1/s1. The number of hydrogen-bond donors (Lipinski definition) is 2. The van der Waals surface area contributed by atoms with E-state index in [0.717, 1.165) is 43.6 Å². The number of aromatic nitrogens is 2. The number of hydrogen-bond acceptors (Lipinski definition) is 4. The first-order valence-electron chi connectivity index (χ1n) is 11.0. The van der Waals surface area contributed by atoms with Crippen LogP contribution in [0.25, 0.3) is 11.0 Å². The van der Waals surface area contributed by atoms with E-state index in [1.165, 1.54) is 0 Å². The van der Waals surface area contributed by atoms with Gasteiger partial charge in [0.1, 0.15) is 5.75 Å². The number of halogens is 1. The fourth-order valence-electron chi connectivity index (χ4n) is 4.61. The van der Waals surface area contributed by atoms with E-state index in [1.54, 1.807) is 7.11 Å². The third-order valence-corrected chi connectivity index (χ3v) is 6.69. The summed E-state index contributed by atoms with van der Waals surface area (Å²) in [6.45, 7) is 5.95. The summed E-state index contributed by atoms with van der Waals surface area (Å²) in [5.41, 5.74) is 6.98. The van der Waals surface area contributed by atoms with Crippen LogP contribution in [0.1, 0.15) is 29.7 Å². The molecule has 0 aliphatic carbocycles. The third kappa shape index (κ3) is 3.76. The van der Waals surface area contributed by atoms with Crippen molar-refractivity contribution in [2.45, 2.75) is 26.8 Å². The van der Waals surface area contributed by atoms with Crippen LogP contribution in [-0.4, -0.2) is 22.6 Å². The van der Waals surface area contributed by atoms with Crippen LogP contribution in [0.15, 0.2) is 76.4 Å². The number of ether oxygens (including phenoxy) is 1. The van der Waals surface area contributed by atoms with Crippen LogP contribution in [0.2, 0.25) is 0 Å². The Morgan fingerprint density at radius 3 is 2.65 bits per heavy atom. The average Bonchev–Trinajstić information content (AvgIpc) is 3.17. The van der Waals surface area contributed by atoms with Gasteiger partial charge < -0.3 is 15.4 Å². The number of para-hydroxylation sites is 2. The summed E-state index contributed by atoms with van der Waals surface area (Å²) in [6, 6.07) is 19.4. The molecule has 1 aliphatic rings. The van der Waals surface area contributed by atoms with Gasteiger partial charge in [-0.05, 0) is 56.7 Å². The highest BCUT2D eigenvalue weighted by molar-refractivity contribution is 9.10. The van der Waals surface area contributed by atoms with Crippen molar-refractivity contribution in [3.8, 4) is 5.75 Å². The van der Waals surface area contributed by atoms with Crippen molar-refractivity contribution >= 4 is 44.5 Å². The number of imidazole rings is 1. The fraction of sp³-hybridized carbons (Fsp3) is 0.185. The molecule has 7 heteroatoms. The van der Waals surface area contributed by atoms with Gasteiger partial charge in [0.25, 0.3) is 5.91 Å². The number of methoxy groups -OCH3 is 1. The molecule has 5 rings (SSSR count). The van der Waals surface area contributed by atoms with E-state index in [2.05, 4.69) is 37.2 Å². The van der Waals surface area contributed by atoms with Gasteiger partial charge in [0.2, 0.25) is 5.95 Å². The van der Waals surface area contributed by atoms with E-state index < -0.39 is 6.04 Å². The lowest BCUT2D eigenvalue weighted by Crippen LogP contribution is -2.31. The summed E-state index contributed by atoms with van der Waals surface area (Å²) in [7, 11) is 1.64. The molecule has 34 heavy (non-hydrogen) atoms. The smallest absolute Gasteiger partial charge is 0.255 e. The summed E-state index contributed by atoms with van der Waals surface area (Å²) < 4.78 is 8.74. The molecule has 0 unspecified atom stereocenters. The normalized spacial score (nSPS) is 15.1. The molecule has 4 aromatic rings. The van der Waals surface area contributed by atoms with Crippen LogP contribution in [-0.2, 0) is 4.79 Å². The summed E-state index contributed by atoms with van der Waals surface area (Å²) in [6.07, 6.45) is 0. The van der Waals surface area contributed by atoms with Gasteiger partial charge in [-0.3, -0.25) is 9.36 Å². The lowest BCUT2D eigenvalue weighted by molar-refractivity contribution is -0.113. The lowest BCUT2D eigenvalue weighted by Gasteiger charge is -2.31. The summed E-state index contributed by atoms with van der Waals surface area (Å²) >= 11 is 3.54. The number of nitrogens with zero attached hydrogens (tertiary/aromatic N) is 2. The van der Waals surface area contributed by atoms with E-state index in [1.807, 2.05) is 75.4 Å². The molecule has 3 aromatic carbocycles. The minimum absolute atomic E-state index is 0.171. The van der Waals surface area contributed by atoms with Gasteiger partial charge in [0.15, 0.2) is 0 Å². The topological polar surface area (TPSA) is 68.2 Å². The number of benzene rings is 3. The molecule has 0 saturated carbocycles. The molecule has 0 spiro atoms. The number of allylic oxidation sites excluding steroid dienone is 1. The number of carbonyl (C=O) groups excluding carboxylic acids is 1. The molecule has 0 radical (unpaired) electrons. The number of aryl methyl sites for hydroxylation is 2. The maximum absolute atomic E-state index is 13.8. The quantitative estimate of drug-likeness (QED) is 0.331. The van der Waals surface area contributed by atoms with Gasteiger partial charge in [-0.2, -0.15) is 0 Å². The summed E-state index contributed by atoms with van der Waals surface area (Å²) in [4.78, 5) is 18.6. The first-order chi connectivity index (χ1) is 16.4. The molecule has 2 N–H and O–H groups in total. The molecule has 6 nitrogen and oxygen atoms in total. The first-order valence-corrected chi connectivity index (χ1v) is 11.8. The third-order valence-electron chi connectivity index (χ3n) is 6.20. The van der Waals surface area contributed by atoms with Gasteiger partial charge in [-0.15, -0.1) is 0 Å². The van der Waals surface area contributed by atoms with Gasteiger partial charge in [0.05, 0.1) is 29.8 Å². The number of anilines is 2. The van der Waals surface area contributed by atoms with Gasteiger partial charge >= 0.3 is 0 Å². The maximum atomic E-state index is 13.8. The Bertz CT molecular complexity index is 1470. The monoisotopic (exact) mass is 516 g/mol. The van der Waals surface area contributed by atoms with E-state index in [9.17, 15) is 4.79 Å². The second-order valence-corrected chi connectivity index (χ2v) is 9.43. The van der Waals surface area contributed by atoms with Crippen molar-refractivity contribution in [1.82, 2.24) is 9.55 Å². The maximum Gasteiger partial charge on any atom is 0.255 e. The predicted octanol–water partition coefficient (Wildman–Crippen LogP) is 6.35. The molecule has 2 heterocycles. The van der Waals surface area contributed by atoms with Crippen LogP contribution in [0, 0.1) is 13.8 Å². The van der Waals surface area contributed by atoms with Gasteiger partial charge in [-0.1, -0.05) is 51.8 Å². The predicted molar refractivity (Wildman–Crippen MR) is 139 cm³/mol. The average molecular weight is 517 g/mol. The first kappa shape index (κ1) is 22.2. The van der Waals surface area contributed by atoms with Crippen molar-refractivity contribution in [2.24, 2.45) is 0 Å². The molecular weight excluding hydrogens is 492 g/mol. The molecule has 0 saturated heterocycles. The fourth-order valence-corrected chi connectivity index (χ4v) is 4.95. The zero-order chi connectivity index (χ0) is 24.0. The summed E-state index contributed by atoms with van der Waals surface area (Å²) in [5.74, 6) is 1.21. The molecule has 1 aromatic heterocycles. The molecule has 0 bridgehead atoms. The molecule has 1 aliphatic heterocycles. The minimum Gasteiger partial charge on any atom is -0.496 e. The van der Waals surface area contributed by atoms with Crippen molar-refractivity contribution in [2.75, 3.05) is 17.7 Å². The van der Waals surface area contributed by atoms with Crippen molar-refractivity contribution in [3.05, 3.63) is 93.1 Å². The minimum atomic E-state index is -0.433.